The number of carbonyl (C=O) groups excluding carboxylic acids is 5. The number of carbonyl (C=O) groups is 5. The fraction of sp³-hybridized carbons (Fsp3) is 0.341. The molecule has 3 aliphatic heterocycles. The van der Waals surface area contributed by atoms with E-state index < -0.39 is 35.8 Å². The number of aromatic nitrogens is 5. The Bertz CT molecular complexity index is 2720. The highest BCUT2D eigenvalue weighted by molar-refractivity contribution is 6.25. The Kier molecular flexibility index (Phi) is 10.6. The molecule has 3 aromatic heterocycles. The number of amides is 5. The Labute approximate surface area is 355 Å². The number of imide groups is 2. The van der Waals surface area contributed by atoms with Crippen molar-refractivity contribution in [2.45, 2.75) is 69.7 Å². The lowest BCUT2D eigenvalue weighted by Crippen LogP contribution is -2.54. The predicted molar refractivity (Wildman–Crippen MR) is 228 cm³/mol. The van der Waals surface area contributed by atoms with Crippen LogP contribution in [0, 0.1) is 0 Å². The van der Waals surface area contributed by atoms with Crippen LogP contribution < -0.4 is 26.4 Å². The van der Waals surface area contributed by atoms with Crippen LogP contribution in [0.3, 0.4) is 0 Å². The van der Waals surface area contributed by atoms with Gasteiger partial charge in [0.15, 0.2) is 11.5 Å². The minimum absolute atomic E-state index is 0.0358. The summed E-state index contributed by atoms with van der Waals surface area (Å²) < 4.78 is 3.15. The molecule has 0 radical (unpaired) electrons. The van der Waals surface area contributed by atoms with Crippen LogP contribution >= 0.6 is 0 Å². The first kappa shape index (κ1) is 40.2. The van der Waals surface area contributed by atoms with E-state index in [0.29, 0.717) is 40.6 Å². The summed E-state index contributed by atoms with van der Waals surface area (Å²) in [5, 5.41) is 19.4. The summed E-state index contributed by atoms with van der Waals surface area (Å²) in [6.07, 6.45) is 5.64. The second kappa shape index (κ2) is 16.3. The number of hydrogen-bond donors (Lipinski definition) is 4. The normalized spacial score (nSPS) is 18.8. The first-order chi connectivity index (χ1) is 30.0. The van der Waals surface area contributed by atoms with Crippen molar-refractivity contribution in [3.05, 3.63) is 106 Å². The van der Waals surface area contributed by atoms with Gasteiger partial charge in [-0.15, -0.1) is 6.58 Å². The molecule has 1 aliphatic carbocycles. The molecule has 9 rings (SSSR count). The Morgan fingerprint density at radius 1 is 0.968 bits per heavy atom. The lowest BCUT2D eigenvalue weighted by Gasteiger charge is -2.38. The molecule has 2 saturated heterocycles. The SMILES string of the molecule is C=CCn1c(=O)c2cnc(Nc3ccc(N4CCC(N(C)C(=O)CCNc5cccc6c5C(=O)N(C5CCC(=O)NC5=O)C6=O)CC4)cc3)nc2n1-c1ccc2c(n1)C(O)CC2. The van der Waals surface area contributed by atoms with Crippen LogP contribution in [0.4, 0.5) is 23.0 Å². The van der Waals surface area contributed by atoms with Gasteiger partial charge in [0.1, 0.15) is 11.4 Å². The third-order valence-electron chi connectivity index (χ3n) is 12.2. The van der Waals surface area contributed by atoms with Gasteiger partial charge in [-0.2, -0.15) is 4.98 Å². The number of piperidine rings is 2. The van der Waals surface area contributed by atoms with Crippen LogP contribution in [0.1, 0.15) is 76.6 Å². The van der Waals surface area contributed by atoms with Gasteiger partial charge in [0.05, 0.1) is 29.5 Å². The highest BCUT2D eigenvalue weighted by Gasteiger charge is 2.45. The van der Waals surface area contributed by atoms with Crippen LogP contribution in [0.2, 0.25) is 0 Å². The standard InChI is InChI=1S/C44H45N11O7/c1-3-21-53-41(60)30-24-46-44(50-39(30)55(53)34-15-8-25-7-14-33(56)38(25)48-34)47-26-9-11-28(12-10-26)52-22-18-27(19-23-52)51(2)36(58)17-20-45-31-6-4-5-29-37(31)43(62)54(42(29)61)32-13-16-35(57)49-40(32)59/h3-6,8-12,15,24,27,32-33,45,56H,1,7,13-14,16-23H2,2H3,(H,46,47,50)(H,49,57,59). The maximum atomic E-state index is 13.4. The van der Waals surface area contributed by atoms with E-state index in [1.165, 1.54) is 16.9 Å². The molecular formula is C44H45N11O7. The second-order valence-electron chi connectivity index (χ2n) is 15.9. The largest absolute Gasteiger partial charge is 0.387 e. The van der Waals surface area contributed by atoms with Gasteiger partial charge in [0, 0.05) is 68.8 Å². The average Bonchev–Trinajstić information content (AvgIpc) is 3.87. The van der Waals surface area contributed by atoms with Crippen molar-refractivity contribution in [2.24, 2.45) is 0 Å². The van der Waals surface area contributed by atoms with Crippen molar-refractivity contribution in [1.82, 2.24) is 39.4 Å². The van der Waals surface area contributed by atoms with Crippen molar-refractivity contribution in [3.8, 4) is 5.82 Å². The highest BCUT2D eigenvalue weighted by atomic mass is 16.3. The van der Waals surface area contributed by atoms with Crippen molar-refractivity contribution < 1.29 is 29.1 Å². The molecule has 18 nitrogen and oxygen atoms in total. The van der Waals surface area contributed by atoms with Crippen LogP contribution in [-0.4, -0.2) is 108 Å². The van der Waals surface area contributed by atoms with Gasteiger partial charge in [-0.25, -0.2) is 19.3 Å². The average molecular weight is 840 g/mol. The fourth-order valence-electron chi connectivity index (χ4n) is 8.89. The van der Waals surface area contributed by atoms with Crippen molar-refractivity contribution in [1.29, 1.82) is 0 Å². The van der Waals surface area contributed by atoms with Crippen LogP contribution in [0.5, 0.6) is 0 Å². The summed E-state index contributed by atoms with van der Waals surface area (Å²) in [4.78, 5) is 96.4. The van der Waals surface area contributed by atoms with Crippen molar-refractivity contribution in [3.63, 3.8) is 0 Å². The molecule has 2 fully saturated rings. The highest BCUT2D eigenvalue weighted by Crippen LogP contribution is 2.33. The quantitative estimate of drug-likeness (QED) is 0.105. The summed E-state index contributed by atoms with van der Waals surface area (Å²) in [5.74, 6) is -1.58. The fourth-order valence-corrected chi connectivity index (χ4v) is 8.89. The van der Waals surface area contributed by atoms with Gasteiger partial charge in [0.25, 0.3) is 17.4 Å². The maximum absolute atomic E-state index is 13.4. The molecule has 62 heavy (non-hydrogen) atoms. The molecule has 6 heterocycles. The number of hydrogen-bond acceptors (Lipinski definition) is 13. The minimum atomic E-state index is -1.06. The molecule has 318 valence electrons. The van der Waals surface area contributed by atoms with Gasteiger partial charge in [-0.05, 0) is 80.1 Å². The van der Waals surface area contributed by atoms with E-state index in [4.69, 9.17) is 9.97 Å². The number of aryl methyl sites for hydroxylation is 1. The summed E-state index contributed by atoms with van der Waals surface area (Å²) in [5.41, 5.74) is 4.22. The van der Waals surface area contributed by atoms with E-state index in [1.807, 2.05) is 43.4 Å². The molecule has 4 N–H and O–H groups in total. The number of aliphatic hydroxyl groups excluding tert-OH is 1. The number of fused-ring (bicyclic) bond motifs is 3. The van der Waals surface area contributed by atoms with Crippen LogP contribution in [-0.2, 0) is 27.3 Å². The molecule has 2 unspecified atom stereocenters. The van der Waals surface area contributed by atoms with E-state index in [-0.39, 0.29) is 61.0 Å². The molecule has 5 amide bonds. The summed E-state index contributed by atoms with van der Waals surface area (Å²) in [6.45, 7) is 5.77. The van der Waals surface area contributed by atoms with E-state index in [2.05, 4.69) is 32.4 Å². The zero-order valence-electron chi connectivity index (χ0n) is 34.0. The number of allylic oxidation sites excluding steroid dienone is 1. The van der Waals surface area contributed by atoms with E-state index >= 15 is 0 Å². The molecular weight excluding hydrogens is 795 g/mol. The third kappa shape index (κ3) is 7.25. The number of benzene rings is 2. The number of nitrogens with one attached hydrogen (secondary N) is 3. The molecule has 5 aromatic rings. The molecule has 4 aliphatic rings. The maximum Gasteiger partial charge on any atom is 0.278 e. The Morgan fingerprint density at radius 2 is 1.76 bits per heavy atom. The Hall–Kier alpha value is -7.21. The zero-order valence-corrected chi connectivity index (χ0v) is 34.0. The monoisotopic (exact) mass is 839 g/mol. The lowest BCUT2D eigenvalue weighted by molar-refractivity contribution is -0.136. The molecule has 0 saturated carbocycles. The number of pyridine rings is 1. The lowest BCUT2D eigenvalue weighted by atomic mass is 10.0. The number of rotatable bonds is 12. The number of anilines is 4. The predicted octanol–water partition coefficient (Wildman–Crippen LogP) is 3.22. The molecule has 2 aromatic carbocycles. The summed E-state index contributed by atoms with van der Waals surface area (Å²) in [7, 11) is 1.81. The van der Waals surface area contributed by atoms with Crippen LogP contribution in [0.15, 0.2) is 78.2 Å². The van der Waals surface area contributed by atoms with Gasteiger partial charge in [0.2, 0.25) is 23.7 Å². The van der Waals surface area contributed by atoms with Gasteiger partial charge in [-0.1, -0.05) is 18.2 Å². The molecule has 18 heteroatoms. The van der Waals surface area contributed by atoms with E-state index in [9.17, 15) is 33.9 Å². The van der Waals surface area contributed by atoms with E-state index in [1.54, 1.807) is 27.8 Å². The smallest absolute Gasteiger partial charge is 0.278 e. The van der Waals surface area contributed by atoms with Crippen molar-refractivity contribution >= 4 is 63.6 Å². The summed E-state index contributed by atoms with van der Waals surface area (Å²) >= 11 is 0. The van der Waals surface area contributed by atoms with Gasteiger partial charge >= 0.3 is 0 Å². The second-order valence-corrected chi connectivity index (χ2v) is 15.9. The minimum Gasteiger partial charge on any atom is -0.387 e. The molecule has 2 atom stereocenters. The molecule has 0 bridgehead atoms. The molecule has 0 spiro atoms. The van der Waals surface area contributed by atoms with Crippen molar-refractivity contribution in [2.75, 3.05) is 42.2 Å². The first-order valence-corrected chi connectivity index (χ1v) is 20.7. The number of nitrogens with zero attached hydrogens (tertiary/aromatic N) is 8. The van der Waals surface area contributed by atoms with Crippen LogP contribution in [0.25, 0.3) is 16.9 Å². The topological polar surface area (TPSA) is 217 Å². The first-order valence-electron chi connectivity index (χ1n) is 20.7. The zero-order chi connectivity index (χ0) is 43.2. The number of aliphatic hydroxyl groups is 1. The third-order valence-corrected chi connectivity index (χ3v) is 12.2. The van der Waals surface area contributed by atoms with E-state index in [0.717, 1.165) is 54.2 Å². The Morgan fingerprint density at radius 3 is 2.52 bits per heavy atom. The summed E-state index contributed by atoms with van der Waals surface area (Å²) in [6, 6.07) is 15.5. The van der Waals surface area contributed by atoms with Gasteiger partial charge in [-0.3, -0.25) is 39.0 Å². The Balaban J connectivity index is 0.795. The van der Waals surface area contributed by atoms with Gasteiger partial charge < -0.3 is 25.5 Å².